The van der Waals surface area contributed by atoms with Crippen LogP contribution in [0.15, 0.2) is 10.5 Å². The third-order valence-electron chi connectivity index (χ3n) is 3.42. The van der Waals surface area contributed by atoms with Gasteiger partial charge < -0.3 is 14.4 Å². The molecule has 2 heterocycles. The van der Waals surface area contributed by atoms with Gasteiger partial charge in [0.15, 0.2) is 0 Å². The Hall–Kier alpha value is -1.29. The highest BCUT2D eigenvalue weighted by Crippen LogP contribution is 2.21. The summed E-state index contributed by atoms with van der Waals surface area (Å²) in [5, 5.41) is 9.65. The number of rotatable bonds is 1. The van der Waals surface area contributed by atoms with Crippen molar-refractivity contribution in [2.45, 2.75) is 33.3 Å². The van der Waals surface area contributed by atoms with Crippen molar-refractivity contribution >= 4 is 5.91 Å². The first-order chi connectivity index (χ1) is 7.99. The summed E-state index contributed by atoms with van der Waals surface area (Å²) in [7, 11) is 0. The molecule has 4 heteroatoms. The molecule has 0 saturated carbocycles. The second kappa shape index (κ2) is 4.53. The van der Waals surface area contributed by atoms with Gasteiger partial charge in [0.25, 0.3) is 5.91 Å². The van der Waals surface area contributed by atoms with Gasteiger partial charge in [-0.05, 0) is 32.3 Å². The lowest BCUT2D eigenvalue weighted by Crippen LogP contribution is -2.45. The molecule has 1 saturated heterocycles. The van der Waals surface area contributed by atoms with Gasteiger partial charge in [-0.25, -0.2) is 0 Å². The number of carbonyl (C=O) groups excluding carboxylic acids is 1. The van der Waals surface area contributed by atoms with E-state index in [1.165, 1.54) is 0 Å². The fraction of sp³-hybridized carbons (Fsp3) is 0.615. The zero-order chi connectivity index (χ0) is 12.6. The minimum Gasteiger partial charge on any atom is -0.466 e. The number of carbonyl (C=O) groups is 1. The van der Waals surface area contributed by atoms with E-state index in [9.17, 15) is 9.90 Å². The topological polar surface area (TPSA) is 53.7 Å². The molecule has 94 valence electrons. The summed E-state index contributed by atoms with van der Waals surface area (Å²) >= 11 is 0. The van der Waals surface area contributed by atoms with Gasteiger partial charge >= 0.3 is 0 Å². The van der Waals surface area contributed by atoms with Crippen molar-refractivity contribution in [3.05, 3.63) is 23.2 Å². The maximum Gasteiger partial charge on any atom is 0.257 e. The van der Waals surface area contributed by atoms with Crippen LogP contribution in [0.5, 0.6) is 0 Å². The molecule has 2 atom stereocenters. The Kier molecular flexibility index (Phi) is 3.24. The van der Waals surface area contributed by atoms with Gasteiger partial charge in [-0.15, -0.1) is 0 Å². The summed E-state index contributed by atoms with van der Waals surface area (Å²) in [6.07, 6.45) is 0.370. The van der Waals surface area contributed by atoms with Gasteiger partial charge in [0.05, 0.1) is 11.7 Å². The highest BCUT2D eigenvalue weighted by atomic mass is 16.3. The van der Waals surface area contributed by atoms with E-state index in [2.05, 4.69) is 0 Å². The molecular weight excluding hydrogens is 218 g/mol. The Morgan fingerprint density at radius 2 is 2.24 bits per heavy atom. The number of aliphatic hydroxyl groups excluding tert-OH is 1. The van der Waals surface area contributed by atoms with Gasteiger partial charge in [0.2, 0.25) is 0 Å². The summed E-state index contributed by atoms with van der Waals surface area (Å²) in [5.41, 5.74) is 0.645. The molecule has 0 spiro atoms. The molecule has 1 aromatic heterocycles. The van der Waals surface area contributed by atoms with Crippen LogP contribution >= 0.6 is 0 Å². The zero-order valence-electron chi connectivity index (χ0n) is 10.6. The molecule has 0 aromatic carbocycles. The fourth-order valence-corrected chi connectivity index (χ4v) is 2.33. The molecule has 0 radical (unpaired) electrons. The van der Waals surface area contributed by atoms with Gasteiger partial charge in [-0.2, -0.15) is 0 Å². The summed E-state index contributed by atoms with van der Waals surface area (Å²) < 4.78 is 5.38. The van der Waals surface area contributed by atoms with Crippen LogP contribution in [0.2, 0.25) is 0 Å². The molecule has 4 nitrogen and oxygen atoms in total. The second-order valence-electron chi connectivity index (χ2n) is 4.91. The third-order valence-corrected chi connectivity index (χ3v) is 3.42. The molecule has 0 aliphatic carbocycles. The first-order valence-electron chi connectivity index (χ1n) is 6.03. The minimum atomic E-state index is -0.286. The number of likely N-dealkylation sites (tertiary alicyclic amines) is 1. The van der Waals surface area contributed by atoms with Crippen LogP contribution in [0.1, 0.15) is 35.2 Å². The molecule has 1 N–H and O–H groups in total. The maximum absolute atomic E-state index is 12.3. The van der Waals surface area contributed by atoms with Crippen molar-refractivity contribution < 1.29 is 14.3 Å². The monoisotopic (exact) mass is 237 g/mol. The van der Waals surface area contributed by atoms with Crippen LogP contribution in [-0.2, 0) is 0 Å². The van der Waals surface area contributed by atoms with Gasteiger partial charge in [-0.3, -0.25) is 4.79 Å². The quantitative estimate of drug-likeness (QED) is 0.809. The lowest BCUT2D eigenvalue weighted by molar-refractivity contribution is 0.0296. The second-order valence-corrected chi connectivity index (χ2v) is 4.91. The molecule has 1 amide bonds. The standard InChI is InChI=1S/C13H19NO3/c1-8-7-14(5-4-12(8)15)13(16)11-6-9(2)17-10(11)3/h6,8,12,15H,4-5,7H2,1-3H3. The van der Waals surface area contributed by atoms with E-state index < -0.39 is 0 Å². The number of amides is 1. The Bertz CT molecular complexity index is 424. The van der Waals surface area contributed by atoms with Crippen LogP contribution in [0.25, 0.3) is 0 Å². The normalized spacial score (nSPS) is 25.1. The highest BCUT2D eigenvalue weighted by molar-refractivity contribution is 5.95. The lowest BCUT2D eigenvalue weighted by Gasteiger charge is -2.34. The Labute approximate surface area is 101 Å². The molecule has 17 heavy (non-hydrogen) atoms. The number of hydrogen-bond donors (Lipinski definition) is 1. The summed E-state index contributed by atoms with van der Waals surface area (Å²) in [4.78, 5) is 14.1. The summed E-state index contributed by atoms with van der Waals surface area (Å²) in [6.45, 7) is 6.85. The van der Waals surface area contributed by atoms with E-state index in [4.69, 9.17) is 4.42 Å². The molecule has 2 rings (SSSR count). The maximum atomic E-state index is 12.3. The van der Waals surface area contributed by atoms with Crippen LogP contribution in [-0.4, -0.2) is 35.1 Å². The molecule has 2 unspecified atom stereocenters. The molecule has 0 bridgehead atoms. The number of aliphatic hydroxyl groups is 1. The van der Waals surface area contributed by atoms with Crippen molar-refractivity contribution in [2.75, 3.05) is 13.1 Å². The molecule has 1 aliphatic heterocycles. The number of hydrogen-bond acceptors (Lipinski definition) is 3. The van der Waals surface area contributed by atoms with Crippen LogP contribution < -0.4 is 0 Å². The largest absolute Gasteiger partial charge is 0.466 e. The van der Waals surface area contributed by atoms with E-state index in [1.807, 2.05) is 20.8 Å². The number of furan rings is 1. The number of aryl methyl sites for hydroxylation is 2. The summed E-state index contributed by atoms with van der Waals surface area (Å²) in [5.74, 6) is 1.58. The SMILES string of the molecule is Cc1cc(C(=O)N2CCC(O)C(C)C2)c(C)o1. The van der Waals surface area contributed by atoms with Crippen molar-refractivity contribution in [3.8, 4) is 0 Å². The summed E-state index contributed by atoms with van der Waals surface area (Å²) in [6, 6.07) is 1.79. The fourth-order valence-electron chi connectivity index (χ4n) is 2.33. The smallest absolute Gasteiger partial charge is 0.257 e. The molecular formula is C13H19NO3. The van der Waals surface area contributed by atoms with E-state index in [-0.39, 0.29) is 17.9 Å². The van der Waals surface area contributed by atoms with Crippen LogP contribution in [0, 0.1) is 19.8 Å². The third kappa shape index (κ3) is 2.36. The Morgan fingerprint density at radius 1 is 1.53 bits per heavy atom. The lowest BCUT2D eigenvalue weighted by atomic mass is 9.96. The average molecular weight is 237 g/mol. The van der Waals surface area contributed by atoms with Crippen LogP contribution in [0.3, 0.4) is 0 Å². The van der Waals surface area contributed by atoms with E-state index in [0.717, 1.165) is 5.76 Å². The van der Waals surface area contributed by atoms with Gasteiger partial charge in [-0.1, -0.05) is 6.92 Å². The average Bonchev–Trinajstić information content (AvgIpc) is 2.61. The predicted octanol–water partition coefficient (Wildman–Crippen LogP) is 1.74. The number of piperidine rings is 1. The minimum absolute atomic E-state index is 0.0121. The van der Waals surface area contributed by atoms with E-state index in [1.54, 1.807) is 11.0 Å². The first-order valence-corrected chi connectivity index (χ1v) is 6.03. The van der Waals surface area contributed by atoms with Gasteiger partial charge in [0, 0.05) is 13.1 Å². The van der Waals surface area contributed by atoms with Crippen molar-refractivity contribution in [3.63, 3.8) is 0 Å². The van der Waals surface area contributed by atoms with E-state index in [0.29, 0.717) is 30.8 Å². The van der Waals surface area contributed by atoms with E-state index >= 15 is 0 Å². The number of nitrogens with zero attached hydrogens (tertiary/aromatic N) is 1. The first kappa shape index (κ1) is 12.2. The van der Waals surface area contributed by atoms with Crippen molar-refractivity contribution in [1.82, 2.24) is 4.90 Å². The van der Waals surface area contributed by atoms with Crippen molar-refractivity contribution in [1.29, 1.82) is 0 Å². The van der Waals surface area contributed by atoms with Crippen LogP contribution in [0.4, 0.5) is 0 Å². The van der Waals surface area contributed by atoms with Gasteiger partial charge in [0.1, 0.15) is 11.5 Å². The molecule has 1 aromatic rings. The molecule has 1 aliphatic rings. The molecule has 1 fully saturated rings. The Morgan fingerprint density at radius 3 is 2.76 bits per heavy atom. The highest BCUT2D eigenvalue weighted by Gasteiger charge is 2.29. The predicted molar refractivity (Wildman–Crippen MR) is 63.9 cm³/mol. The van der Waals surface area contributed by atoms with Crippen molar-refractivity contribution in [2.24, 2.45) is 5.92 Å². The zero-order valence-corrected chi connectivity index (χ0v) is 10.6. The Balaban J connectivity index is 2.13.